The fourth-order valence-electron chi connectivity index (χ4n) is 3.34. The number of rotatable bonds is 7. The molecule has 1 fully saturated rings. The van der Waals surface area contributed by atoms with Crippen molar-refractivity contribution in [2.45, 2.75) is 25.5 Å². The summed E-state index contributed by atoms with van der Waals surface area (Å²) in [7, 11) is 1.74. The van der Waals surface area contributed by atoms with Crippen molar-refractivity contribution in [3.63, 3.8) is 0 Å². The fraction of sp³-hybridized carbons (Fsp3) is 0.381. The maximum Gasteiger partial charge on any atom is 0.335 e. The predicted octanol–water partition coefficient (Wildman–Crippen LogP) is 3.36. The van der Waals surface area contributed by atoms with Crippen LogP contribution in [0.25, 0.3) is 0 Å². The first-order valence-electron chi connectivity index (χ1n) is 8.79. The molecule has 0 aliphatic carbocycles. The Morgan fingerprint density at radius 1 is 1.19 bits per heavy atom. The summed E-state index contributed by atoms with van der Waals surface area (Å²) >= 11 is 0. The average Bonchev–Trinajstić information content (AvgIpc) is 3.05. The third kappa shape index (κ3) is 4.23. The molecule has 0 aromatic heterocycles. The molecule has 1 saturated heterocycles. The number of ether oxygens (including phenoxy) is 2. The van der Waals surface area contributed by atoms with Crippen LogP contribution in [0.1, 0.15) is 27.9 Å². The smallest absolute Gasteiger partial charge is 0.335 e. The van der Waals surface area contributed by atoms with E-state index in [1.54, 1.807) is 19.2 Å². The van der Waals surface area contributed by atoms with Gasteiger partial charge in [0, 0.05) is 26.7 Å². The lowest BCUT2D eigenvalue weighted by atomic mass is 10.0. The molecule has 5 heteroatoms. The van der Waals surface area contributed by atoms with Gasteiger partial charge in [0.2, 0.25) is 0 Å². The molecule has 0 bridgehead atoms. The van der Waals surface area contributed by atoms with Crippen molar-refractivity contribution in [3.05, 3.63) is 65.2 Å². The van der Waals surface area contributed by atoms with E-state index in [1.807, 2.05) is 43.3 Å². The van der Waals surface area contributed by atoms with Crippen molar-refractivity contribution < 1.29 is 19.4 Å². The van der Waals surface area contributed by atoms with E-state index in [1.165, 1.54) is 0 Å². The van der Waals surface area contributed by atoms with E-state index >= 15 is 0 Å². The van der Waals surface area contributed by atoms with E-state index in [0.717, 1.165) is 42.9 Å². The third-order valence-corrected chi connectivity index (χ3v) is 5.02. The first kappa shape index (κ1) is 18.4. The Balaban J connectivity index is 1.59. The second kappa shape index (κ2) is 7.89. The van der Waals surface area contributed by atoms with Gasteiger partial charge in [0.1, 0.15) is 18.0 Å². The number of benzene rings is 2. The number of aryl methyl sites for hydroxylation is 1. The highest BCUT2D eigenvalue weighted by atomic mass is 16.5. The van der Waals surface area contributed by atoms with Gasteiger partial charge >= 0.3 is 5.97 Å². The van der Waals surface area contributed by atoms with Gasteiger partial charge in [-0.3, -0.25) is 4.90 Å². The molecular formula is C21H25NO4. The number of methoxy groups -OCH3 is 1. The predicted molar refractivity (Wildman–Crippen MR) is 99.7 cm³/mol. The lowest BCUT2D eigenvalue weighted by Gasteiger charge is -2.28. The Hall–Kier alpha value is -2.37. The van der Waals surface area contributed by atoms with Crippen LogP contribution in [0.4, 0.5) is 0 Å². The summed E-state index contributed by atoms with van der Waals surface area (Å²) in [5.74, 6) is -0.00360. The summed E-state index contributed by atoms with van der Waals surface area (Å²) in [5.41, 5.74) is 2.21. The van der Waals surface area contributed by atoms with Crippen molar-refractivity contribution in [2.75, 3.05) is 26.8 Å². The van der Waals surface area contributed by atoms with Crippen LogP contribution in [0.15, 0.2) is 48.5 Å². The number of likely N-dealkylation sites (tertiary alicyclic amines) is 1. The highest BCUT2D eigenvalue weighted by molar-refractivity contribution is 5.87. The quantitative estimate of drug-likeness (QED) is 0.825. The van der Waals surface area contributed by atoms with Gasteiger partial charge in [0.25, 0.3) is 0 Å². The van der Waals surface area contributed by atoms with Crippen molar-refractivity contribution in [3.8, 4) is 5.75 Å². The zero-order valence-electron chi connectivity index (χ0n) is 15.3. The van der Waals surface area contributed by atoms with Gasteiger partial charge in [0.15, 0.2) is 0 Å². The van der Waals surface area contributed by atoms with Crippen LogP contribution >= 0.6 is 0 Å². The molecule has 138 valence electrons. The fourth-order valence-corrected chi connectivity index (χ4v) is 3.34. The topological polar surface area (TPSA) is 59.0 Å². The molecule has 1 atom stereocenters. The number of carbonyl (C=O) groups is 1. The van der Waals surface area contributed by atoms with E-state index in [9.17, 15) is 4.79 Å². The lowest BCUT2D eigenvalue weighted by Crippen LogP contribution is -2.41. The number of para-hydroxylation sites is 1. The van der Waals surface area contributed by atoms with E-state index in [-0.39, 0.29) is 5.60 Å². The number of nitrogens with zero attached hydrogens (tertiary/aromatic N) is 1. The molecule has 2 aromatic carbocycles. The zero-order valence-corrected chi connectivity index (χ0v) is 15.3. The first-order valence-corrected chi connectivity index (χ1v) is 8.79. The highest BCUT2D eigenvalue weighted by Crippen LogP contribution is 2.28. The van der Waals surface area contributed by atoms with Crippen molar-refractivity contribution in [1.82, 2.24) is 4.90 Å². The Bertz CT molecular complexity index is 759. The first-order chi connectivity index (χ1) is 12.5. The van der Waals surface area contributed by atoms with Crippen LogP contribution in [-0.2, 0) is 11.3 Å². The molecule has 0 radical (unpaired) electrons. The van der Waals surface area contributed by atoms with Gasteiger partial charge in [-0.05, 0) is 42.7 Å². The molecule has 1 heterocycles. The highest BCUT2D eigenvalue weighted by Gasteiger charge is 2.39. The van der Waals surface area contributed by atoms with Gasteiger partial charge in [0.05, 0.1) is 5.56 Å². The third-order valence-electron chi connectivity index (χ3n) is 5.02. The Morgan fingerprint density at radius 3 is 2.58 bits per heavy atom. The summed E-state index contributed by atoms with van der Waals surface area (Å²) in [4.78, 5) is 13.3. The number of hydrogen-bond acceptors (Lipinski definition) is 4. The summed E-state index contributed by atoms with van der Waals surface area (Å²) in [5, 5.41) is 8.99. The summed E-state index contributed by atoms with van der Waals surface area (Å²) in [6.45, 7) is 5.04. The zero-order chi connectivity index (χ0) is 18.6. The number of aromatic carboxylic acids is 1. The van der Waals surface area contributed by atoms with Gasteiger partial charge in [-0.25, -0.2) is 4.79 Å². The lowest BCUT2D eigenvalue weighted by molar-refractivity contribution is -0.0360. The SMILES string of the molecule is CO[C@@]1(COc2ccccc2C)CCN(Cc2ccc(C(=O)O)cc2)C1. The molecule has 0 saturated carbocycles. The van der Waals surface area contributed by atoms with Crippen molar-refractivity contribution >= 4 is 5.97 Å². The summed E-state index contributed by atoms with van der Waals surface area (Å²) in [6.07, 6.45) is 0.905. The summed E-state index contributed by atoms with van der Waals surface area (Å²) < 4.78 is 11.9. The molecule has 0 unspecified atom stereocenters. The minimum Gasteiger partial charge on any atom is -0.490 e. The molecule has 1 aliphatic heterocycles. The normalized spacial score (nSPS) is 20.2. The van der Waals surface area contributed by atoms with E-state index < -0.39 is 5.97 Å². The monoisotopic (exact) mass is 355 g/mol. The van der Waals surface area contributed by atoms with E-state index in [0.29, 0.717) is 12.2 Å². The standard InChI is InChI=1S/C21H25NO4/c1-16-5-3-4-6-19(16)26-15-21(25-2)11-12-22(14-21)13-17-7-9-18(10-8-17)20(23)24/h3-10H,11-15H2,1-2H3,(H,23,24)/t21-/m0/s1. The van der Waals surface area contributed by atoms with E-state index in [4.69, 9.17) is 14.6 Å². The molecule has 1 aliphatic rings. The van der Waals surface area contributed by atoms with Crippen molar-refractivity contribution in [1.29, 1.82) is 0 Å². The Kier molecular flexibility index (Phi) is 5.59. The van der Waals surface area contributed by atoms with Gasteiger partial charge < -0.3 is 14.6 Å². The largest absolute Gasteiger partial charge is 0.490 e. The molecule has 26 heavy (non-hydrogen) atoms. The molecule has 3 rings (SSSR count). The van der Waals surface area contributed by atoms with Crippen LogP contribution < -0.4 is 4.74 Å². The molecular weight excluding hydrogens is 330 g/mol. The van der Waals surface area contributed by atoms with Crippen molar-refractivity contribution in [2.24, 2.45) is 0 Å². The molecule has 0 spiro atoms. The van der Waals surface area contributed by atoms with Crippen LogP contribution in [-0.4, -0.2) is 48.4 Å². The number of carboxylic acids is 1. The second-order valence-corrected chi connectivity index (χ2v) is 6.90. The van der Waals surface area contributed by atoms with Gasteiger partial charge in [-0.15, -0.1) is 0 Å². The molecule has 1 N–H and O–H groups in total. The van der Waals surface area contributed by atoms with Crippen LogP contribution in [0, 0.1) is 6.92 Å². The minimum absolute atomic E-state index is 0.313. The molecule has 5 nitrogen and oxygen atoms in total. The van der Waals surface area contributed by atoms with Gasteiger partial charge in [-0.2, -0.15) is 0 Å². The molecule has 0 amide bonds. The Morgan fingerprint density at radius 2 is 1.92 bits per heavy atom. The van der Waals surface area contributed by atoms with Gasteiger partial charge in [-0.1, -0.05) is 30.3 Å². The van der Waals surface area contributed by atoms with Crippen LogP contribution in [0.3, 0.4) is 0 Å². The minimum atomic E-state index is -0.899. The maximum absolute atomic E-state index is 11.0. The molecule has 2 aromatic rings. The van der Waals surface area contributed by atoms with E-state index in [2.05, 4.69) is 4.90 Å². The summed E-state index contributed by atoms with van der Waals surface area (Å²) in [6, 6.07) is 15.0. The van der Waals surface area contributed by atoms with Crippen LogP contribution in [0.5, 0.6) is 5.75 Å². The van der Waals surface area contributed by atoms with Crippen LogP contribution in [0.2, 0.25) is 0 Å². The Labute approximate surface area is 154 Å². The second-order valence-electron chi connectivity index (χ2n) is 6.90. The maximum atomic E-state index is 11.0. The average molecular weight is 355 g/mol. The number of carboxylic acid groups (broad SMARTS) is 1. The number of hydrogen-bond donors (Lipinski definition) is 1.